The minimum absolute atomic E-state index is 0.256. The summed E-state index contributed by atoms with van der Waals surface area (Å²) in [6, 6.07) is 8.60. The van der Waals surface area contributed by atoms with Gasteiger partial charge in [-0.1, -0.05) is 26.0 Å². The third-order valence-electron chi connectivity index (χ3n) is 2.73. The molecule has 0 atom stereocenters. The lowest BCUT2D eigenvalue weighted by molar-refractivity contribution is 0.286. The molecule has 0 aliphatic carbocycles. The molecule has 1 aromatic carbocycles. The van der Waals surface area contributed by atoms with Crippen LogP contribution in [0, 0.1) is 5.82 Å². The lowest BCUT2D eigenvalue weighted by Gasteiger charge is -2.09. The van der Waals surface area contributed by atoms with Gasteiger partial charge in [-0.3, -0.25) is 0 Å². The van der Waals surface area contributed by atoms with E-state index in [2.05, 4.69) is 19.2 Å². The van der Waals surface area contributed by atoms with E-state index in [1.165, 1.54) is 6.07 Å². The zero-order chi connectivity index (χ0) is 13.7. The molecule has 0 unspecified atom stereocenters. The first kappa shape index (κ1) is 13.6. The monoisotopic (exact) mass is 263 g/mol. The molecule has 3 nitrogen and oxygen atoms in total. The van der Waals surface area contributed by atoms with Crippen LogP contribution in [0.15, 0.2) is 41.0 Å². The molecule has 0 radical (unpaired) electrons. The third kappa shape index (κ3) is 3.83. The van der Waals surface area contributed by atoms with Crippen molar-refractivity contribution in [3.63, 3.8) is 0 Å². The summed E-state index contributed by atoms with van der Waals surface area (Å²) < 4.78 is 24.3. The summed E-state index contributed by atoms with van der Waals surface area (Å²) in [4.78, 5) is 0. The van der Waals surface area contributed by atoms with Gasteiger partial charge in [-0.25, -0.2) is 4.39 Å². The van der Waals surface area contributed by atoms with Gasteiger partial charge in [0.25, 0.3) is 0 Å². The highest BCUT2D eigenvalue weighted by Crippen LogP contribution is 2.19. The van der Waals surface area contributed by atoms with Crippen molar-refractivity contribution >= 4 is 0 Å². The SMILES string of the molecule is CC(C)NCc1occc1COc1ccccc1F. The van der Waals surface area contributed by atoms with Crippen molar-refractivity contribution in [3.05, 3.63) is 53.7 Å². The predicted octanol–water partition coefficient (Wildman–Crippen LogP) is 3.50. The fourth-order valence-corrected chi connectivity index (χ4v) is 1.66. The summed E-state index contributed by atoms with van der Waals surface area (Å²) in [5.41, 5.74) is 0.927. The maximum atomic E-state index is 13.4. The molecule has 0 amide bonds. The third-order valence-corrected chi connectivity index (χ3v) is 2.73. The van der Waals surface area contributed by atoms with Crippen LogP contribution in [-0.2, 0) is 13.2 Å². The Balaban J connectivity index is 1.96. The lowest BCUT2D eigenvalue weighted by atomic mass is 10.2. The molecule has 19 heavy (non-hydrogen) atoms. The Bertz CT molecular complexity index is 522. The predicted molar refractivity (Wildman–Crippen MR) is 71.4 cm³/mol. The largest absolute Gasteiger partial charge is 0.486 e. The van der Waals surface area contributed by atoms with Gasteiger partial charge in [-0.15, -0.1) is 0 Å². The van der Waals surface area contributed by atoms with E-state index in [0.29, 0.717) is 19.2 Å². The van der Waals surface area contributed by atoms with Crippen molar-refractivity contribution in [3.8, 4) is 5.75 Å². The van der Waals surface area contributed by atoms with Crippen LogP contribution in [0.2, 0.25) is 0 Å². The maximum absolute atomic E-state index is 13.4. The lowest BCUT2D eigenvalue weighted by Crippen LogP contribution is -2.22. The Hall–Kier alpha value is -1.81. The summed E-state index contributed by atoms with van der Waals surface area (Å²) in [5, 5.41) is 3.27. The average molecular weight is 263 g/mol. The van der Waals surface area contributed by atoms with E-state index in [4.69, 9.17) is 9.15 Å². The molecule has 4 heteroatoms. The normalized spacial score (nSPS) is 10.9. The van der Waals surface area contributed by atoms with E-state index in [0.717, 1.165) is 11.3 Å². The van der Waals surface area contributed by atoms with Crippen LogP contribution in [0.5, 0.6) is 5.75 Å². The van der Waals surface area contributed by atoms with E-state index < -0.39 is 0 Å². The molecule has 102 valence electrons. The molecule has 1 aromatic heterocycles. The Morgan fingerprint density at radius 1 is 1.26 bits per heavy atom. The number of ether oxygens (including phenoxy) is 1. The van der Waals surface area contributed by atoms with E-state index >= 15 is 0 Å². The fourth-order valence-electron chi connectivity index (χ4n) is 1.66. The van der Waals surface area contributed by atoms with Crippen LogP contribution in [-0.4, -0.2) is 6.04 Å². The van der Waals surface area contributed by atoms with Gasteiger partial charge in [0.2, 0.25) is 0 Å². The van der Waals surface area contributed by atoms with Gasteiger partial charge >= 0.3 is 0 Å². The van der Waals surface area contributed by atoms with Crippen molar-refractivity contribution in [2.24, 2.45) is 0 Å². The summed E-state index contributed by atoms with van der Waals surface area (Å²) in [6.45, 7) is 5.07. The van der Waals surface area contributed by atoms with Crippen molar-refractivity contribution < 1.29 is 13.5 Å². The van der Waals surface area contributed by atoms with Gasteiger partial charge in [-0.05, 0) is 18.2 Å². The number of benzene rings is 1. The van der Waals surface area contributed by atoms with Crippen LogP contribution >= 0.6 is 0 Å². The molecule has 0 aliphatic heterocycles. The average Bonchev–Trinajstić information content (AvgIpc) is 2.83. The van der Waals surface area contributed by atoms with Crippen molar-refractivity contribution in [2.45, 2.75) is 33.0 Å². The van der Waals surface area contributed by atoms with Gasteiger partial charge in [0.1, 0.15) is 12.4 Å². The zero-order valence-corrected chi connectivity index (χ0v) is 11.2. The molecule has 0 spiro atoms. The number of hydrogen-bond acceptors (Lipinski definition) is 3. The molecule has 1 N–H and O–H groups in total. The van der Waals surface area contributed by atoms with Gasteiger partial charge < -0.3 is 14.5 Å². The Labute approximate surface area is 112 Å². The van der Waals surface area contributed by atoms with E-state index in [1.807, 2.05) is 6.07 Å². The van der Waals surface area contributed by atoms with Gasteiger partial charge in [-0.2, -0.15) is 0 Å². The molecule has 0 fully saturated rings. The fraction of sp³-hybridized carbons (Fsp3) is 0.333. The standard InChI is InChI=1S/C15H18FNO2/c1-11(2)17-9-15-12(7-8-18-15)10-19-14-6-4-3-5-13(14)16/h3-8,11,17H,9-10H2,1-2H3. The van der Waals surface area contributed by atoms with Crippen molar-refractivity contribution in [1.29, 1.82) is 0 Å². The van der Waals surface area contributed by atoms with E-state index in [9.17, 15) is 4.39 Å². The second-order valence-corrected chi connectivity index (χ2v) is 4.62. The molecule has 2 aromatic rings. The van der Waals surface area contributed by atoms with E-state index in [1.54, 1.807) is 24.5 Å². The highest BCUT2D eigenvalue weighted by atomic mass is 19.1. The summed E-state index contributed by atoms with van der Waals surface area (Å²) in [6.07, 6.45) is 1.62. The quantitative estimate of drug-likeness (QED) is 0.866. The minimum Gasteiger partial charge on any atom is -0.486 e. The smallest absolute Gasteiger partial charge is 0.165 e. The Morgan fingerprint density at radius 2 is 2.05 bits per heavy atom. The minimum atomic E-state index is -0.354. The Morgan fingerprint density at radius 3 is 2.79 bits per heavy atom. The summed E-state index contributed by atoms with van der Waals surface area (Å²) in [5.74, 6) is 0.726. The molecule has 1 heterocycles. The second kappa shape index (κ2) is 6.38. The first-order valence-electron chi connectivity index (χ1n) is 6.33. The molecule has 0 aliphatic rings. The summed E-state index contributed by atoms with van der Waals surface area (Å²) >= 11 is 0. The number of rotatable bonds is 6. The molecule has 0 saturated carbocycles. The maximum Gasteiger partial charge on any atom is 0.165 e. The molecule has 2 rings (SSSR count). The topological polar surface area (TPSA) is 34.4 Å². The first-order chi connectivity index (χ1) is 9.16. The van der Waals surface area contributed by atoms with Crippen LogP contribution in [0.3, 0.4) is 0 Å². The summed E-state index contributed by atoms with van der Waals surface area (Å²) in [7, 11) is 0. The number of furan rings is 1. The van der Waals surface area contributed by atoms with Crippen LogP contribution in [0.4, 0.5) is 4.39 Å². The number of hydrogen-bond donors (Lipinski definition) is 1. The number of para-hydroxylation sites is 1. The molecule has 0 bridgehead atoms. The van der Waals surface area contributed by atoms with Gasteiger partial charge in [0, 0.05) is 11.6 Å². The highest BCUT2D eigenvalue weighted by molar-refractivity contribution is 5.25. The number of nitrogens with one attached hydrogen (secondary N) is 1. The molecule has 0 saturated heterocycles. The van der Waals surface area contributed by atoms with Crippen LogP contribution in [0.1, 0.15) is 25.2 Å². The van der Waals surface area contributed by atoms with Crippen molar-refractivity contribution in [2.75, 3.05) is 0 Å². The van der Waals surface area contributed by atoms with Crippen molar-refractivity contribution in [1.82, 2.24) is 5.32 Å². The number of halogens is 1. The van der Waals surface area contributed by atoms with Crippen LogP contribution in [0.25, 0.3) is 0 Å². The van der Waals surface area contributed by atoms with Gasteiger partial charge in [0.05, 0.1) is 12.8 Å². The van der Waals surface area contributed by atoms with Crippen LogP contribution < -0.4 is 10.1 Å². The van der Waals surface area contributed by atoms with Gasteiger partial charge in [0.15, 0.2) is 11.6 Å². The first-order valence-corrected chi connectivity index (χ1v) is 6.33. The molecular weight excluding hydrogens is 245 g/mol. The zero-order valence-electron chi connectivity index (χ0n) is 11.2. The highest BCUT2D eigenvalue weighted by Gasteiger charge is 2.09. The Kier molecular flexibility index (Phi) is 4.58. The second-order valence-electron chi connectivity index (χ2n) is 4.62. The van der Waals surface area contributed by atoms with E-state index in [-0.39, 0.29) is 11.6 Å². The molecular formula is C15H18FNO2.